The molecule has 33 heavy (non-hydrogen) atoms. The summed E-state index contributed by atoms with van der Waals surface area (Å²) in [5.74, 6) is -0.0387. The van der Waals surface area contributed by atoms with Crippen molar-refractivity contribution in [3.05, 3.63) is 83.9 Å². The van der Waals surface area contributed by atoms with Crippen LogP contribution in [0.4, 0.5) is 17.1 Å². The highest BCUT2D eigenvalue weighted by Crippen LogP contribution is 2.28. The van der Waals surface area contributed by atoms with Gasteiger partial charge in [-0.05, 0) is 54.1 Å². The number of para-hydroxylation sites is 1. The van der Waals surface area contributed by atoms with E-state index in [0.717, 1.165) is 11.3 Å². The van der Waals surface area contributed by atoms with Gasteiger partial charge < -0.3 is 20.7 Å². The van der Waals surface area contributed by atoms with E-state index in [1.807, 2.05) is 38.1 Å². The van der Waals surface area contributed by atoms with E-state index in [-0.39, 0.29) is 23.6 Å². The second-order valence-electron chi connectivity index (χ2n) is 8.16. The highest BCUT2D eigenvalue weighted by molar-refractivity contribution is 6.05. The molecule has 3 amide bonds. The van der Waals surface area contributed by atoms with Crippen molar-refractivity contribution >= 4 is 34.8 Å². The number of rotatable bonds is 6. The number of nitrogens with one attached hydrogen (secondary N) is 3. The summed E-state index contributed by atoms with van der Waals surface area (Å²) in [5.41, 5.74) is 3.17. The minimum atomic E-state index is -0.602. The van der Waals surface area contributed by atoms with Crippen molar-refractivity contribution < 1.29 is 19.1 Å². The topological polar surface area (TPSA) is 96.5 Å². The summed E-state index contributed by atoms with van der Waals surface area (Å²) in [6, 6.07) is 21.2. The SMILES string of the molecule is CC(C)C(=O)Nc1ccc(NC(=O)c2cccc(NC(=O)C3Cc4ccccc4O3)c2)cc1. The van der Waals surface area contributed by atoms with E-state index in [4.69, 9.17) is 4.74 Å². The Balaban J connectivity index is 1.36. The molecule has 168 valence electrons. The van der Waals surface area contributed by atoms with Gasteiger partial charge in [-0.3, -0.25) is 14.4 Å². The minimum Gasteiger partial charge on any atom is -0.480 e. The van der Waals surface area contributed by atoms with Gasteiger partial charge in [-0.25, -0.2) is 0 Å². The summed E-state index contributed by atoms with van der Waals surface area (Å²) in [4.78, 5) is 37.1. The Hall–Kier alpha value is -4.13. The molecule has 0 bridgehead atoms. The van der Waals surface area contributed by atoms with Crippen LogP contribution in [0.25, 0.3) is 0 Å². The summed E-state index contributed by atoms with van der Waals surface area (Å²) in [6.45, 7) is 3.64. The quantitative estimate of drug-likeness (QED) is 0.524. The molecule has 4 rings (SSSR count). The van der Waals surface area contributed by atoms with Crippen molar-refractivity contribution in [1.82, 2.24) is 0 Å². The third kappa shape index (κ3) is 5.38. The fourth-order valence-corrected chi connectivity index (χ4v) is 3.42. The average Bonchev–Trinajstić information content (AvgIpc) is 3.25. The molecule has 1 atom stereocenters. The van der Waals surface area contributed by atoms with Gasteiger partial charge in [-0.1, -0.05) is 38.1 Å². The molecule has 7 heteroatoms. The zero-order chi connectivity index (χ0) is 23.4. The molecule has 1 aliphatic heterocycles. The second-order valence-corrected chi connectivity index (χ2v) is 8.16. The summed E-state index contributed by atoms with van der Waals surface area (Å²) in [6.07, 6.45) is -0.0925. The zero-order valence-corrected chi connectivity index (χ0v) is 18.4. The number of benzene rings is 3. The Morgan fingerprint density at radius 3 is 2.21 bits per heavy atom. The van der Waals surface area contributed by atoms with Crippen LogP contribution in [-0.4, -0.2) is 23.8 Å². The molecule has 0 saturated heterocycles. The van der Waals surface area contributed by atoms with E-state index in [1.165, 1.54) is 0 Å². The first-order valence-corrected chi connectivity index (χ1v) is 10.8. The first-order valence-electron chi connectivity index (χ1n) is 10.8. The molecule has 0 saturated carbocycles. The lowest BCUT2D eigenvalue weighted by molar-refractivity contribution is -0.122. The zero-order valence-electron chi connectivity index (χ0n) is 18.4. The number of fused-ring (bicyclic) bond motifs is 1. The highest BCUT2D eigenvalue weighted by Gasteiger charge is 2.28. The molecule has 0 radical (unpaired) electrons. The molecule has 0 aromatic heterocycles. The van der Waals surface area contributed by atoms with Crippen LogP contribution in [0, 0.1) is 5.92 Å². The summed E-state index contributed by atoms with van der Waals surface area (Å²) in [7, 11) is 0. The van der Waals surface area contributed by atoms with Crippen LogP contribution in [0.5, 0.6) is 5.75 Å². The molecule has 3 N–H and O–H groups in total. The molecule has 0 spiro atoms. The summed E-state index contributed by atoms with van der Waals surface area (Å²) < 4.78 is 5.73. The predicted molar refractivity (Wildman–Crippen MR) is 127 cm³/mol. The van der Waals surface area contributed by atoms with Crippen LogP contribution in [0.1, 0.15) is 29.8 Å². The van der Waals surface area contributed by atoms with E-state index >= 15 is 0 Å². The second kappa shape index (κ2) is 9.56. The van der Waals surface area contributed by atoms with Gasteiger partial charge in [0.2, 0.25) is 5.91 Å². The number of carbonyl (C=O) groups excluding carboxylic acids is 3. The number of amides is 3. The average molecular weight is 444 g/mol. The number of hydrogen-bond donors (Lipinski definition) is 3. The molecule has 1 heterocycles. The number of anilines is 3. The Morgan fingerprint density at radius 2 is 1.52 bits per heavy atom. The van der Waals surface area contributed by atoms with Crippen molar-refractivity contribution in [2.45, 2.75) is 26.4 Å². The third-order valence-corrected chi connectivity index (χ3v) is 5.27. The molecular weight excluding hydrogens is 418 g/mol. The van der Waals surface area contributed by atoms with Gasteiger partial charge >= 0.3 is 0 Å². The fraction of sp³-hybridized carbons (Fsp3) is 0.192. The van der Waals surface area contributed by atoms with E-state index in [0.29, 0.717) is 29.0 Å². The lowest BCUT2D eigenvalue weighted by Gasteiger charge is -2.12. The maximum atomic E-state index is 12.7. The van der Waals surface area contributed by atoms with Crippen molar-refractivity contribution in [2.75, 3.05) is 16.0 Å². The number of ether oxygens (including phenoxy) is 1. The molecule has 3 aromatic carbocycles. The van der Waals surface area contributed by atoms with Crippen LogP contribution in [0.3, 0.4) is 0 Å². The van der Waals surface area contributed by atoms with Crippen molar-refractivity contribution in [2.24, 2.45) is 5.92 Å². The van der Waals surface area contributed by atoms with Gasteiger partial charge in [0, 0.05) is 35.0 Å². The highest BCUT2D eigenvalue weighted by atomic mass is 16.5. The molecule has 7 nitrogen and oxygen atoms in total. The number of hydrogen-bond acceptors (Lipinski definition) is 4. The fourth-order valence-electron chi connectivity index (χ4n) is 3.42. The molecule has 0 fully saturated rings. The standard InChI is InChI=1S/C26H25N3O4/c1-16(2)24(30)27-19-10-12-20(13-11-19)28-25(31)18-7-5-8-21(14-18)29-26(32)23-15-17-6-3-4-9-22(17)33-23/h3-14,16,23H,15H2,1-2H3,(H,27,30)(H,28,31)(H,29,32). The largest absolute Gasteiger partial charge is 0.480 e. The van der Waals surface area contributed by atoms with Gasteiger partial charge in [-0.15, -0.1) is 0 Å². The molecule has 0 aliphatic carbocycles. The maximum Gasteiger partial charge on any atom is 0.265 e. The first-order chi connectivity index (χ1) is 15.9. The Bertz CT molecular complexity index is 1160. The van der Waals surface area contributed by atoms with Crippen LogP contribution in [0.15, 0.2) is 72.8 Å². The van der Waals surface area contributed by atoms with E-state index in [9.17, 15) is 14.4 Å². The lowest BCUT2D eigenvalue weighted by atomic mass is 10.1. The van der Waals surface area contributed by atoms with Crippen molar-refractivity contribution in [1.29, 1.82) is 0 Å². The molecule has 3 aromatic rings. The smallest absolute Gasteiger partial charge is 0.265 e. The Kier molecular flexibility index (Phi) is 6.40. The summed E-state index contributed by atoms with van der Waals surface area (Å²) >= 11 is 0. The summed E-state index contributed by atoms with van der Waals surface area (Å²) in [5, 5.41) is 8.45. The van der Waals surface area contributed by atoms with Gasteiger partial charge in [0.05, 0.1) is 0 Å². The Labute approximate surface area is 192 Å². The van der Waals surface area contributed by atoms with Crippen LogP contribution in [0.2, 0.25) is 0 Å². The van der Waals surface area contributed by atoms with Gasteiger partial charge in [0.25, 0.3) is 11.8 Å². The van der Waals surface area contributed by atoms with E-state index in [2.05, 4.69) is 16.0 Å². The third-order valence-electron chi connectivity index (χ3n) is 5.27. The van der Waals surface area contributed by atoms with Gasteiger partial charge in [0.1, 0.15) is 5.75 Å². The molecule has 1 aliphatic rings. The number of carbonyl (C=O) groups is 3. The van der Waals surface area contributed by atoms with Gasteiger partial charge in [-0.2, -0.15) is 0 Å². The minimum absolute atomic E-state index is 0.0717. The maximum absolute atomic E-state index is 12.7. The van der Waals surface area contributed by atoms with Crippen molar-refractivity contribution in [3.63, 3.8) is 0 Å². The van der Waals surface area contributed by atoms with E-state index in [1.54, 1.807) is 48.5 Å². The van der Waals surface area contributed by atoms with Crippen LogP contribution in [-0.2, 0) is 16.0 Å². The predicted octanol–water partition coefficient (Wildman–Crippen LogP) is 4.48. The Morgan fingerprint density at radius 1 is 0.818 bits per heavy atom. The van der Waals surface area contributed by atoms with Crippen LogP contribution >= 0.6 is 0 Å². The first kappa shape index (κ1) is 22.1. The normalized spacial score (nSPS) is 14.2. The molecule has 1 unspecified atom stereocenters. The van der Waals surface area contributed by atoms with Crippen LogP contribution < -0.4 is 20.7 Å². The van der Waals surface area contributed by atoms with E-state index < -0.39 is 6.10 Å². The van der Waals surface area contributed by atoms with Crippen molar-refractivity contribution in [3.8, 4) is 5.75 Å². The monoisotopic (exact) mass is 443 g/mol. The molecular formula is C26H25N3O4. The lowest BCUT2D eigenvalue weighted by Crippen LogP contribution is -2.31. The van der Waals surface area contributed by atoms with Gasteiger partial charge in [0.15, 0.2) is 6.10 Å².